The first kappa shape index (κ1) is 27.7. The van der Waals surface area contributed by atoms with Crippen molar-refractivity contribution in [3.05, 3.63) is 176 Å². The van der Waals surface area contributed by atoms with Crippen molar-refractivity contribution in [3.63, 3.8) is 0 Å². The van der Waals surface area contributed by atoms with Crippen LogP contribution < -0.4 is 0 Å². The van der Waals surface area contributed by atoms with E-state index in [-0.39, 0.29) is 0 Å². The Bertz CT molecular complexity index is 3390. The van der Waals surface area contributed by atoms with Crippen molar-refractivity contribution in [2.24, 2.45) is 0 Å². The summed E-state index contributed by atoms with van der Waals surface area (Å²) < 4.78 is 14.4. The Labute approximate surface area is 297 Å². The maximum atomic E-state index is 7.18. The van der Waals surface area contributed by atoms with Gasteiger partial charge >= 0.3 is 0 Å². The first-order valence-corrected chi connectivity index (χ1v) is 17.8. The first-order chi connectivity index (χ1) is 25.8. The number of fused-ring (bicyclic) bond motifs is 14. The van der Waals surface area contributed by atoms with Gasteiger partial charge in [0.15, 0.2) is 0 Å². The van der Waals surface area contributed by atoms with Crippen LogP contribution in [0.15, 0.2) is 180 Å². The Balaban J connectivity index is 1.21. The maximum absolute atomic E-state index is 7.18. The number of nitrogens with zero attached hydrogens (tertiary/aromatic N) is 3. The van der Waals surface area contributed by atoms with E-state index in [1.807, 2.05) is 0 Å². The van der Waals surface area contributed by atoms with Gasteiger partial charge < -0.3 is 18.1 Å². The van der Waals surface area contributed by atoms with Crippen molar-refractivity contribution < 1.29 is 4.42 Å². The van der Waals surface area contributed by atoms with Crippen LogP contribution in [0.4, 0.5) is 0 Å². The minimum Gasteiger partial charge on any atom is -0.455 e. The fourth-order valence-corrected chi connectivity index (χ4v) is 8.95. The molecule has 4 heterocycles. The number of aromatic nitrogens is 3. The normalized spacial score (nSPS) is 12.2. The van der Waals surface area contributed by atoms with Crippen LogP contribution in [-0.4, -0.2) is 13.7 Å². The van der Waals surface area contributed by atoms with Gasteiger partial charge in [0, 0.05) is 43.7 Å². The Hall–Kier alpha value is -7.04. The summed E-state index contributed by atoms with van der Waals surface area (Å²) in [6.07, 6.45) is 0. The molecule has 0 saturated carbocycles. The molecule has 0 aliphatic heterocycles. The van der Waals surface area contributed by atoms with Crippen LogP contribution in [0.5, 0.6) is 0 Å². The van der Waals surface area contributed by atoms with Gasteiger partial charge in [0.05, 0.1) is 49.6 Å². The topological polar surface area (TPSA) is 27.9 Å². The standard InChI is InChI=1S/C48H29N3O/c1-3-14-30(15-4-1)49-37-21-10-7-18-34(37)44-40(49)24-13-25-41(44)51-39-23-12-9-20-36(39)46-43(51)29-27-33-32-26-28-42-45(47(32)52-48(33)46)35-19-8-11-22-38(35)50(42)31-16-5-2-6-17-31/h1-29H. The molecular weight excluding hydrogens is 635 g/mol. The van der Waals surface area contributed by atoms with Crippen LogP contribution >= 0.6 is 0 Å². The van der Waals surface area contributed by atoms with Crippen LogP contribution in [0.1, 0.15) is 0 Å². The molecule has 0 fully saturated rings. The number of para-hydroxylation sites is 5. The third-order valence-electron chi connectivity index (χ3n) is 11.0. The summed E-state index contributed by atoms with van der Waals surface area (Å²) >= 11 is 0. The molecule has 12 rings (SSSR count). The summed E-state index contributed by atoms with van der Waals surface area (Å²) in [4.78, 5) is 0. The van der Waals surface area contributed by atoms with Gasteiger partial charge in [-0.2, -0.15) is 0 Å². The van der Waals surface area contributed by atoms with Crippen LogP contribution in [0.2, 0.25) is 0 Å². The zero-order valence-electron chi connectivity index (χ0n) is 28.0. The summed E-state index contributed by atoms with van der Waals surface area (Å²) in [5.41, 5.74) is 12.2. The van der Waals surface area contributed by atoms with Gasteiger partial charge in [-0.1, -0.05) is 97.1 Å². The van der Waals surface area contributed by atoms with Gasteiger partial charge in [-0.25, -0.2) is 0 Å². The van der Waals surface area contributed by atoms with E-state index in [0.717, 1.165) is 66.3 Å². The van der Waals surface area contributed by atoms with Crippen molar-refractivity contribution in [1.29, 1.82) is 0 Å². The Morgan fingerprint density at radius 3 is 1.21 bits per heavy atom. The molecule has 4 aromatic heterocycles. The zero-order valence-corrected chi connectivity index (χ0v) is 28.0. The average molecular weight is 664 g/mol. The van der Waals surface area contributed by atoms with Crippen molar-refractivity contribution in [3.8, 4) is 17.1 Å². The maximum Gasteiger partial charge on any atom is 0.145 e. The average Bonchev–Trinajstić information content (AvgIpc) is 3.94. The molecule has 0 unspecified atom stereocenters. The van der Waals surface area contributed by atoms with Gasteiger partial charge in [0.2, 0.25) is 0 Å². The van der Waals surface area contributed by atoms with Crippen LogP contribution in [0.25, 0.3) is 104 Å². The number of rotatable bonds is 3. The van der Waals surface area contributed by atoms with Crippen molar-refractivity contribution in [2.45, 2.75) is 0 Å². The first-order valence-electron chi connectivity index (χ1n) is 17.8. The van der Waals surface area contributed by atoms with Crippen molar-refractivity contribution in [2.75, 3.05) is 0 Å². The van der Waals surface area contributed by atoms with E-state index in [0.29, 0.717) is 0 Å². The molecule has 52 heavy (non-hydrogen) atoms. The smallest absolute Gasteiger partial charge is 0.145 e. The largest absolute Gasteiger partial charge is 0.455 e. The minimum atomic E-state index is 0.922. The highest BCUT2D eigenvalue weighted by molar-refractivity contribution is 6.29. The quantitative estimate of drug-likeness (QED) is 0.185. The molecule has 0 spiro atoms. The summed E-state index contributed by atoms with van der Waals surface area (Å²) in [6.45, 7) is 0. The second kappa shape index (κ2) is 10.3. The van der Waals surface area contributed by atoms with E-state index in [9.17, 15) is 0 Å². The number of furan rings is 1. The van der Waals surface area contributed by atoms with Crippen LogP contribution in [0, 0.1) is 0 Å². The summed E-state index contributed by atoms with van der Waals surface area (Å²) in [5, 5.41) is 9.35. The lowest BCUT2D eigenvalue weighted by Gasteiger charge is -2.11. The number of hydrogen-bond donors (Lipinski definition) is 0. The van der Waals surface area contributed by atoms with Crippen LogP contribution in [0.3, 0.4) is 0 Å². The lowest BCUT2D eigenvalue weighted by molar-refractivity contribution is 0.677. The molecule has 0 N–H and O–H groups in total. The highest BCUT2D eigenvalue weighted by Crippen LogP contribution is 2.46. The molecule has 242 valence electrons. The summed E-state index contributed by atoms with van der Waals surface area (Å²) in [7, 11) is 0. The molecule has 4 nitrogen and oxygen atoms in total. The summed E-state index contributed by atoms with van der Waals surface area (Å²) in [6, 6.07) is 63.2. The van der Waals surface area contributed by atoms with E-state index in [1.165, 1.54) is 38.1 Å². The van der Waals surface area contributed by atoms with Gasteiger partial charge in [-0.15, -0.1) is 0 Å². The van der Waals surface area contributed by atoms with Crippen molar-refractivity contribution >= 4 is 87.4 Å². The molecule has 0 radical (unpaired) electrons. The molecule has 4 heteroatoms. The molecule has 0 amide bonds. The van der Waals surface area contributed by atoms with E-state index in [2.05, 4.69) is 190 Å². The highest BCUT2D eigenvalue weighted by atomic mass is 16.3. The fraction of sp³-hybridized carbons (Fsp3) is 0. The third kappa shape index (κ3) is 3.55. The predicted molar refractivity (Wildman–Crippen MR) is 217 cm³/mol. The molecular formula is C48H29N3O. The fourth-order valence-electron chi connectivity index (χ4n) is 8.95. The molecule has 8 aromatic carbocycles. The lowest BCUT2D eigenvalue weighted by atomic mass is 10.1. The second-order valence-corrected chi connectivity index (χ2v) is 13.7. The highest BCUT2D eigenvalue weighted by Gasteiger charge is 2.24. The van der Waals surface area contributed by atoms with E-state index < -0.39 is 0 Å². The Kier molecular flexibility index (Phi) is 5.47. The molecule has 0 aliphatic carbocycles. The molecule has 0 saturated heterocycles. The predicted octanol–water partition coefficient (Wildman–Crippen LogP) is 12.9. The number of hydrogen-bond acceptors (Lipinski definition) is 1. The molecule has 0 aliphatic rings. The third-order valence-corrected chi connectivity index (χ3v) is 11.0. The van der Waals surface area contributed by atoms with Crippen molar-refractivity contribution in [1.82, 2.24) is 13.7 Å². The molecule has 12 aromatic rings. The van der Waals surface area contributed by atoms with E-state index >= 15 is 0 Å². The Morgan fingerprint density at radius 1 is 0.269 bits per heavy atom. The zero-order chi connectivity index (χ0) is 33.9. The lowest BCUT2D eigenvalue weighted by Crippen LogP contribution is -1.96. The molecule has 0 atom stereocenters. The monoisotopic (exact) mass is 663 g/mol. The second-order valence-electron chi connectivity index (χ2n) is 13.7. The minimum absolute atomic E-state index is 0.922. The van der Waals surface area contributed by atoms with E-state index in [4.69, 9.17) is 4.42 Å². The van der Waals surface area contributed by atoms with Gasteiger partial charge in [-0.05, 0) is 78.9 Å². The molecule has 0 bridgehead atoms. The van der Waals surface area contributed by atoms with Gasteiger partial charge in [0.1, 0.15) is 11.2 Å². The SMILES string of the molecule is c1ccc(-n2c3ccccc3c3c(-n4c5ccccc5c5c6oc7c(ccc8c7c7ccccc7n8-c7ccccc7)c6ccc54)cccc32)cc1. The summed E-state index contributed by atoms with van der Waals surface area (Å²) in [5.74, 6) is 0. The van der Waals surface area contributed by atoms with Gasteiger partial charge in [0.25, 0.3) is 0 Å². The van der Waals surface area contributed by atoms with Gasteiger partial charge in [-0.3, -0.25) is 0 Å². The van der Waals surface area contributed by atoms with Crippen LogP contribution in [-0.2, 0) is 0 Å². The van der Waals surface area contributed by atoms with E-state index in [1.54, 1.807) is 0 Å². The number of benzene rings is 8. The Morgan fingerprint density at radius 2 is 0.673 bits per heavy atom.